The quantitative estimate of drug-likeness (QED) is 0.676. The average molecular weight is 377 g/mol. The summed E-state index contributed by atoms with van der Waals surface area (Å²) in [6, 6.07) is 16.0. The van der Waals surface area contributed by atoms with Gasteiger partial charge in [-0.15, -0.1) is 0 Å². The van der Waals surface area contributed by atoms with Crippen LogP contribution in [0.5, 0.6) is 0 Å². The summed E-state index contributed by atoms with van der Waals surface area (Å²) in [5.74, 6) is 1.39. The summed E-state index contributed by atoms with van der Waals surface area (Å²) in [7, 11) is 0. The van der Waals surface area contributed by atoms with Gasteiger partial charge in [0.05, 0.1) is 12.8 Å². The predicted molar refractivity (Wildman–Crippen MR) is 107 cm³/mol. The number of carbonyl (C=O) groups is 1. The molecule has 1 fully saturated rings. The first kappa shape index (κ1) is 18.3. The van der Waals surface area contributed by atoms with Gasteiger partial charge in [0.2, 0.25) is 0 Å². The van der Waals surface area contributed by atoms with Crippen molar-refractivity contribution in [2.24, 2.45) is 0 Å². The lowest BCUT2D eigenvalue weighted by Crippen LogP contribution is -2.27. The van der Waals surface area contributed by atoms with Crippen LogP contribution in [0.1, 0.15) is 23.9 Å². The van der Waals surface area contributed by atoms with Crippen LogP contribution < -0.4 is 10.2 Å². The van der Waals surface area contributed by atoms with Gasteiger partial charge in [-0.2, -0.15) is 0 Å². The van der Waals surface area contributed by atoms with Gasteiger partial charge < -0.3 is 14.5 Å². The number of amides is 2. The Balaban J connectivity index is 1.45. The molecule has 0 aliphatic carbocycles. The summed E-state index contributed by atoms with van der Waals surface area (Å²) in [5, 5.41) is 2.81. The Labute approximate surface area is 164 Å². The van der Waals surface area contributed by atoms with E-state index in [1.165, 1.54) is 0 Å². The van der Waals surface area contributed by atoms with Gasteiger partial charge in [-0.05, 0) is 42.3 Å². The van der Waals surface area contributed by atoms with Crippen LogP contribution in [0.15, 0.2) is 59.1 Å². The molecule has 1 saturated heterocycles. The lowest BCUT2D eigenvalue weighted by molar-refractivity contribution is 0.134. The standard InChI is InChI=1S/C22H23N3O3/c1-2-27-15-17-5-3-4-16(12-17)13-21-24-14-20(28-21)18-6-8-19(9-7-18)25-11-10-23-22(25)26/h3-9,12,14H,2,10-11,13,15H2,1H3,(H,23,26). The zero-order valence-corrected chi connectivity index (χ0v) is 15.9. The van der Waals surface area contributed by atoms with Gasteiger partial charge in [0.1, 0.15) is 0 Å². The fourth-order valence-electron chi connectivity index (χ4n) is 3.27. The monoisotopic (exact) mass is 377 g/mol. The van der Waals surface area contributed by atoms with E-state index in [0.717, 1.165) is 28.1 Å². The van der Waals surface area contributed by atoms with Crippen LogP contribution in [0.3, 0.4) is 0 Å². The largest absolute Gasteiger partial charge is 0.440 e. The van der Waals surface area contributed by atoms with Gasteiger partial charge in [-0.1, -0.05) is 24.3 Å². The zero-order valence-electron chi connectivity index (χ0n) is 15.9. The maximum atomic E-state index is 11.8. The van der Waals surface area contributed by atoms with Gasteiger partial charge in [0.15, 0.2) is 11.7 Å². The van der Waals surface area contributed by atoms with Crippen LogP contribution >= 0.6 is 0 Å². The second-order valence-corrected chi connectivity index (χ2v) is 6.68. The first-order chi connectivity index (χ1) is 13.7. The van der Waals surface area contributed by atoms with Crippen molar-refractivity contribution in [1.82, 2.24) is 10.3 Å². The number of oxazole rings is 1. The summed E-state index contributed by atoms with van der Waals surface area (Å²) in [5.41, 5.74) is 4.10. The van der Waals surface area contributed by atoms with Crippen LogP contribution in [-0.2, 0) is 17.8 Å². The van der Waals surface area contributed by atoms with E-state index in [1.54, 1.807) is 11.1 Å². The molecular formula is C22H23N3O3. The van der Waals surface area contributed by atoms with Crippen LogP contribution in [0.2, 0.25) is 0 Å². The lowest BCUT2D eigenvalue weighted by Gasteiger charge is -2.14. The zero-order chi connectivity index (χ0) is 19.3. The third-order valence-electron chi connectivity index (χ3n) is 4.69. The molecule has 0 atom stereocenters. The molecule has 1 N–H and O–H groups in total. The fraction of sp³-hybridized carbons (Fsp3) is 0.273. The summed E-state index contributed by atoms with van der Waals surface area (Å²) >= 11 is 0. The lowest BCUT2D eigenvalue weighted by atomic mass is 10.1. The molecule has 2 amide bonds. The van der Waals surface area contributed by atoms with Crippen molar-refractivity contribution in [3.05, 3.63) is 71.7 Å². The van der Waals surface area contributed by atoms with Crippen molar-refractivity contribution in [3.63, 3.8) is 0 Å². The van der Waals surface area contributed by atoms with Crippen molar-refractivity contribution >= 4 is 11.7 Å². The number of nitrogens with one attached hydrogen (secondary N) is 1. The molecule has 6 nitrogen and oxygen atoms in total. The number of nitrogens with zero attached hydrogens (tertiary/aromatic N) is 2. The third kappa shape index (κ3) is 4.07. The number of rotatable bonds is 7. The Bertz CT molecular complexity index is 950. The van der Waals surface area contributed by atoms with Crippen molar-refractivity contribution in [2.75, 3.05) is 24.6 Å². The van der Waals surface area contributed by atoms with E-state index in [9.17, 15) is 4.79 Å². The second kappa shape index (κ2) is 8.27. The molecule has 3 aromatic rings. The van der Waals surface area contributed by atoms with E-state index in [-0.39, 0.29) is 6.03 Å². The van der Waals surface area contributed by atoms with E-state index in [4.69, 9.17) is 9.15 Å². The number of benzene rings is 2. The first-order valence-corrected chi connectivity index (χ1v) is 9.49. The second-order valence-electron chi connectivity index (χ2n) is 6.68. The van der Waals surface area contributed by atoms with Gasteiger partial charge >= 0.3 is 6.03 Å². The Hall–Kier alpha value is -3.12. The molecule has 28 heavy (non-hydrogen) atoms. The Morgan fingerprint density at radius 3 is 2.75 bits per heavy atom. The number of aromatic nitrogens is 1. The number of anilines is 1. The first-order valence-electron chi connectivity index (χ1n) is 9.49. The highest BCUT2D eigenvalue weighted by Crippen LogP contribution is 2.25. The summed E-state index contributed by atoms with van der Waals surface area (Å²) in [4.78, 5) is 17.9. The van der Waals surface area contributed by atoms with Crippen LogP contribution in [0.25, 0.3) is 11.3 Å². The number of carbonyl (C=O) groups excluding carboxylic acids is 1. The van der Waals surface area contributed by atoms with E-state index >= 15 is 0 Å². The highest BCUT2D eigenvalue weighted by atomic mass is 16.5. The van der Waals surface area contributed by atoms with Gasteiger partial charge in [-0.25, -0.2) is 9.78 Å². The highest BCUT2D eigenvalue weighted by molar-refractivity contribution is 5.94. The fourth-order valence-corrected chi connectivity index (χ4v) is 3.27. The molecule has 0 radical (unpaired) electrons. The molecule has 2 aromatic carbocycles. The molecule has 0 unspecified atom stereocenters. The van der Waals surface area contributed by atoms with E-state index in [2.05, 4.69) is 28.5 Å². The molecule has 0 bridgehead atoms. The molecule has 1 aromatic heterocycles. The normalized spacial score (nSPS) is 13.8. The number of ether oxygens (including phenoxy) is 1. The van der Waals surface area contributed by atoms with Crippen molar-refractivity contribution in [3.8, 4) is 11.3 Å². The Morgan fingerprint density at radius 2 is 2.00 bits per heavy atom. The van der Waals surface area contributed by atoms with Crippen molar-refractivity contribution in [2.45, 2.75) is 20.0 Å². The SMILES string of the molecule is CCOCc1cccc(Cc2ncc(-c3ccc(N4CCNC4=O)cc3)o2)c1. The number of urea groups is 1. The minimum Gasteiger partial charge on any atom is -0.440 e. The molecule has 6 heteroatoms. The molecule has 0 saturated carbocycles. The number of hydrogen-bond donors (Lipinski definition) is 1. The predicted octanol–water partition coefficient (Wildman–Crippen LogP) is 4.00. The number of hydrogen-bond acceptors (Lipinski definition) is 4. The van der Waals surface area contributed by atoms with Crippen LogP contribution in [-0.4, -0.2) is 30.7 Å². The van der Waals surface area contributed by atoms with Crippen LogP contribution in [0.4, 0.5) is 10.5 Å². The molecular weight excluding hydrogens is 354 g/mol. The third-order valence-corrected chi connectivity index (χ3v) is 4.69. The van der Waals surface area contributed by atoms with Crippen molar-refractivity contribution < 1.29 is 13.9 Å². The smallest absolute Gasteiger partial charge is 0.321 e. The van der Waals surface area contributed by atoms with Crippen LogP contribution in [0, 0.1) is 0 Å². The van der Waals surface area contributed by atoms with Gasteiger partial charge in [0.25, 0.3) is 0 Å². The minimum atomic E-state index is -0.0544. The van der Waals surface area contributed by atoms with Crippen molar-refractivity contribution in [1.29, 1.82) is 0 Å². The summed E-state index contributed by atoms with van der Waals surface area (Å²) < 4.78 is 11.4. The molecule has 144 valence electrons. The topological polar surface area (TPSA) is 67.6 Å². The summed E-state index contributed by atoms with van der Waals surface area (Å²) in [6.07, 6.45) is 2.38. The van der Waals surface area contributed by atoms with E-state index in [0.29, 0.717) is 38.6 Å². The average Bonchev–Trinajstić information content (AvgIpc) is 3.36. The molecule has 0 spiro atoms. The molecule has 4 rings (SSSR count). The maximum absolute atomic E-state index is 11.8. The molecule has 2 heterocycles. The summed E-state index contributed by atoms with van der Waals surface area (Å²) in [6.45, 7) is 4.67. The van der Waals surface area contributed by atoms with Gasteiger partial charge in [0, 0.05) is 37.4 Å². The Morgan fingerprint density at radius 1 is 1.18 bits per heavy atom. The molecule has 1 aliphatic heterocycles. The highest BCUT2D eigenvalue weighted by Gasteiger charge is 2.21. The molecule has 1 aliphatic rings. The minimum absolute atomic E-state index is 0.0544. The van der Waals surface area contributed by atoms with E-state index in [1.807, 2.05) is 37.3 Å². The van der Waals surface area contributed by atoms with E-state index < -0.39 is 0 Å². The maximum Gasteiger partial charge on any atom is 0.321 e. The van der Waals surface area contributed by atoms with Gasteiger partial charge in [-0.3, -0.25) is 4.90 Å². The Kier molecular flexibility index (Phi) is 5.39.